The molecule has 0 saturated carbocycles. The van der Waals surface area contributed by atoms with Gasteiger partial charge in [0.05, 0.1) is 6.61 Å². The van der Waals surface area contributed by atoms with E-state index in [9.17, 15) is 13.6 Å². The molecule has 0 bridgehead atoms. The summed E-state index contributed by atoms with van der Waals surface area (Å²) in [5, 5.41) is 0. The van der Waals surface area contributed by atoms with Crippen molar-refractivity contribution in [3.05, 3.63) is 47.9 Å². The van der Waals surface area contributed by atoms with E-state index in [2.05, 4.69) is 14.7 Å². The van der Waals surface area contributed by atoms with Gasteiger partial charge in [-0.2, -0.15) is 0 Å². The van der Waals surface area contributed by atoms with E-state index in [1.807, 2.05) is 0 Å². The molecule has 0 fully saturated rings. The van der Waals surface area contributed by atoms with Gasteiger partial charge < -0.3 is 4.74 Å². The number of benzene rings is 1. The topological polar surface area (TPSA) is 52.1 Å². The maximum absolute atomic E-state index is 14.1. The highest BCUT2D eigenvalue weighted by Gasteiger charge is 2.21. The number of halogens is 2. The molecule has 0 N–H and O–H groups in total. The monoisotopic (exact) mass is 264 g/mol. The third kappa shape index (κ3) is 2.57. The van der Waals surface area contributed by atoms with E-state index in [1.54, 1.807) is 13.0 Å². The highest BCUT2D eigenvalue weighted by atomic mass is 19.1. The number of hydrogen-bond donors (Lipinski definition) is 0. The lowest BCUT2D eigenvalue weighted by Crippen LogP contribution is -2.11. The van der Waals surface area contributed by atoms with E-state index in [4.69, 9.17) is 0 Å². The Morgan fingerprint density at radius 2 is 2.00 bits per heavy atom. The summed E-state index contributed by atoms with van der Waals surface area (Å²) in [6.45, 7) is 1.69. The molecule has 2 aromatic rings. The van der Waals surface area contributed by atoms with E-state index in [-0.39, 0.29) is 17.9 Å². The second-order valence-electron chi connectivity index (χ2n) is 3.59. The minimum Gasteiger partial charge on any atom is -0.461 e. The molecule has 2 rings (SSSR count). The molecule has 1 aromatic carbocycles. The molecule has 1 heterocycles. The highest BCUT2D eigenvalue weighted by Crippen LogP contribution is 2.24. The molecule has 0 unspecified atom stereocenters. The number of hydrogen-bond acceptors (Lipinski definition) is 4. The van der Waals surface area contributed by atoms with Crippen LogP contribution in [0.2, 0.25) is 0 Å². The first-order valence-electron chi connectivity index (χ1n) is 5.57. The number of rotatable bonds is 3. The van der Waals surface area contributed by atoms with E-state index in [1.165, 1.54) is 18.2 Å². The van der Waals surface area contributed by atoms with Crippen molar-refractivity contribution in [1.82, 2.24) is 9.97 Å². The third-order valence-corrected chi connectivity index (χ3v) is 2.39. The SMILES string of the molecule is CCOC(=O)c1ncnc(-c2ccccc2F)c1F. The molecule has 0 aliphatic carbocycles. The molecule has 98 valence electrons. The number of carbonyl (C=O) groups excluding carboxylic acids is 1. The molecule has 0 spiro atoms. The molecule has 1 aromatic heterocycles. The highest BCUT2D eigenvalue weighted by molar-refractivity contribution is 5.88. The Morgan fingerprint density at radius 1 is 1.26 bits per heavy atom. The van der Waals surface area contributed by atoms with Gasteiger partial charge in [0.2, 0.25) is 0 Å². The zero-order chi connectivity index (χ0) is 13.8. The van der Waals surface area contributed by atoms with Gasteiger partial charge in [-0.3, -0.25) is 0 Å². The van der Waals surface area contributed by atoms with Gasteiger partial charge in [-0.15, -0.1) is 0 Å². The van der Waals surface area contributed by atoms with Crippen LogP contribution in [0, 0.1) is 11.6 Å². The summed E-state index contributed by atoms with van der Waals surface area (Å²) in [5.41, 5.74) is -0.806. The molecule has 0 amide bonds. The van der Waals surface area contributed by atoms with Crippen LogP contribution in [0.1, 0.15) is 17.4 Å². The van der Waals surface area contributed by atoms with Crippen molar-refractivity contribution in [2.75, 3.05) is 6.61 Å². The number of esters is 1. The Kier molecular flexibility index (Phi) is 3.79. The van der Waals surface area contributed by atoms with Crippen molar-refractivity contribution in [3.63, 3.8) is 0 Å². The Morgan fingerprint density at radius 3 is 2.68 bits per heavy atom. The van der Waals surface area contributed by atoms with E-state index in [0.717, 1.165) is 6.33 Å². The molecule has 0 atom stereocenters. The maximum atomic E-state index is 14.1. The predicted octanol–water partition coefficient (Wildman–Crippen LogP) is 2.60. The second-order valence-corrected chi connectivity index (χ2v) is 3.59. The van der Waals surface area contributed by atoms with Gasteiger partial charge in [0.25, 0.3) is 0 Å². The van der Waals surface area contributed by atoms with Crippen molar-refractivity contribution in [2.24, 2.45) is 0 Å². The number of aromatic nitrogens is 2. The van der Waals surface area contributed by atoms with Gasteiger partial charge in [0, 0.05) is 5.56 Å². The summed E-state index contributed by atoms with van der Waals surface area (Å²) in [6.07, 6.45) is 0.997. The van der Waals surface area contributed by atoms with Crippen LogP contribution in [-0.2, 0) is 4.74 Å². The zero-order valence-corrected chi connectivity index (χ0v) is 10.1. The van der Waals surface area contributed by atoms with E-state index in [0.29, 0.717) is 0 Å². The zero-order valence-electron chi connectivity index (χ0n) is 10.1. The van der Waals surface area contributed by atoms with Crippen LogP contribution >= 0.6 is 0 Å². The van der Waals surface area contributed by atoms with E-state index >= 15 is 0 Å². The summed E-state index contributed by atoms with van der Waals surface area (Å²) in [7, 11) is 0. The number of nitrogens with zero attached hydrogens (tertiary/aromatic N) is 2. The fourth-order valence-corrected chi connectivity index (χ4v) is 1.55. The Labute approximate surface area is 108 Å². The van der Waals surface area contributed by atoms with Gasteiger partial charge in [-0.1, -0.05) is 12.1 Å². The van der Waals surface area contributed by atoms with Gasteiger partial charge in [-0.25, -0.2) is 23.5 Å². The Bertz CT molecular complexity index is 617. The molecule has 0 aliphatic heterocycles. The van der Waals surface area contributed by atoms with Crippen molar-refractivity contribution >= 4 is 5.97 Å². The van der Waals surface area contributed by atoms with Crippen LogP contribution in [0.4, 0.5) is 8.78 Å². The normalized spacial score (nSPS) is 10.3. The summed E-state index contributed by atoms with van der Waals surface area (Å²) >= 11 is 0. The van der Waals surface area contributed by atoms with Crippen molar-refractivity contribution in [3.8, 4) is 11.3 Å². The second kappa shape index (κ2) is 5.51. The van der Waals surface area contributed by atoms with Crippen LogP contribution in [0.5, 0.6) is 0 Å². The average molecular weight is 264 g/mol. The number of ether oxygens (including phenoxy) is 1. The Hall–Kier alpha value is -2.37. The molecule has 0 radical (unpaired) electrons. The lowest BCUT2D eigenvalue weighted by molar-refractivity contribution is 0.0513. The molecular weight excluding hydrogens is 254 g/mol. The summed E-state index contributed by atoms with van der Waals surface area (Å²) < 4.78 is 32.4. The largest absolute Gasteiger partial charge is 0.461 e. The van der Waals surface area contributed by atoms with Crippen LogP contribution in [-0.4, -0.2) is 22.5 Å². The van der Waals surface area contributed by atoms with Crippen LogP contribution < -0.4 is 0 Å². The van der Waals surface area contributed by atoms with Gasteiger partial charge >= 0.3 is 5.97 Å². The lowest BCUT2D eigenvalue weighted by Gasteiger charge is -2.06. The minimum atomic E-state index is -0.994. The molecule has 4 nitrogen and oxygen atoms in total. The number of carbonyl (C=O) groups is 1. The quantitative estimate of drug-likeness (QED) is 0.799. The standard InChI is InChI=1S/C13H10F2N2O2/c1-2-19-13(18)12-10(15)11(16-7-17-12)8-5-3-4-6-9(8)14/h3-7H,2H2,1H3. The van der Waals surface area contributed by atoms with Crippen molar-refractivity contribution in [2.45, 2.75) is 6.92 Å². The van der Waals surface area contributed by atoms with Crippen LogP contribution in [0.15, 0.2) is 30.6 Å². The van der Waals surface area contributed by atoms with Gasteiger partial charge in [-0.05, 0) is 19.1 Å². The fraction of sp³-hybridized carbons (Fsp3) is 0.154. The first-order chi connectivity index (χ1) is 9.15. The average Bonchev–Trinajstić information content (AvgIpc) is 2.40. The Balaban J connectivity index is 2.52. The molecule has 0 saturated heterocycles. The first-order valence-corrected chi connectivity index (χ1v) is 5.57. The van der Waals surface area contributed by atoms with E-state index < -0.39 is 23.3 Å². The summed E-state index contributed by atoms with van der Waals surface area (Å²) in [6, 6.07) is 5.57. The third-order valence-electron chi connectivity index (χ3n) is 2.39. The van der Waals surface area contributed by atoms with Gasteiger partial charge in [0.1, 0.15) is 17.8 Å². The van der Waals surface area contributed by atoms with Crippen LogP contribution in [0.3, 0.4) is 0 Å². The maximum Gasteiger partial charge on any atom is 0.360 e. The molecule has 0 aliphatic rings. The van der Waals surface area contributed by atoms with Gasteiger partial charge in [0.15, 0.2) is 11.5 Å². The first kappa shape index (κ1) is 13.1. The molecular formula is C13H10F2N2O2. The smallest absolute Gasteiger partial charge is 0.360 e. The fourth-order valence-electron chi connectivity index (χ4n) is 1.55. The summed E-state index contributed by atoms with van der Waals surface area (Å²) in [4.78, 5) is 18.7. The molecule has 6 heteroatoms. The predicted molar refractivity (Wildman–Crippen MR) is 63.3 cm³/mol. The molecule has 19 heavy (non-hydrogen) atoms. The minimum absolute atomic E-state index is 0.0343. The summed E-state index contributed by atoms with van der Waals surface area (Å²) in [5.74, 6) is -2.53. The van der Waals surface area contributed by atoms with Crippen molar-refractivity contribution < 1.29 is 18.3 Å². The van der Waals surface area contributed by atoms with Crippen LogP contribution in [0.25, 0.3) is 11.3 Å². The lowest BCUT2D eigenvalue weighted by atomic mass is 10.1. The van der Waals surface area contributed by atoms with Crippen molar-refractivity contribution in [1.29, 1.82) is 0 Å².